The molecule has 0 saturated carbocycles. The Morgan fingerprint density at radius 2 is 2.15 bits per heavy atom. The molecule has 26 heavy (non-hydrogen) atoms. The Kier molecular flexibility index (Phi) is 4.27. The van der Waals surface area contributed by atoms with Gasteiger partial charge in [0.15, 0.2) is 5.16 Å². The van der Waals surface area contributed by atoms with Crippen molar-refractivity contribution in [2.24, 2.45) is 0 Å². The van der Waals surface area contributed by atoms with Gasteiger partial charge in [0.1, 0.15) is 17.4 Å². The lowest BCUT2D eigenvalue weighted by Gasteiger charge is -2.18. The van der Waals surface area contributed by atoms with Gasteiger partial charge >= 0.3 is 0 Å². The number of halogens is 1. The first-order valence-electron chi connectivity index (χ1n) is 8.07. The lowest BCUT2D eigenvalue weighted by atomic mass is 10.0. The fraction of sp³-hybridized carbons (Fsp3) is 0.158. The molecule has 0 bridgehead atoms. The quantitative estimate of drug-likeness (QED) is 0.651. The molecule has 0 unspecified atom stereocenters. The molecule has 0 radical (unpaired) electrons. The molecule has 7 heteroatoms. The summed E-state index contributed by atoms with van der Waals surface area (Å²) < 4.78 is 16.3. The van der Waals surface area contributed by atoms with E-state index >= 15 is 0 Å². The molecule has 0 aliphatic carbocycles. The number of hydrogen-bond acceptors (Lipinski definition) is 5. The van der Waals surface area contributed by atoms with E-state index in [0.717, 1.165) is 17.7 Å². The van der Waals surface area contributed by atoms with Crippen molar-refractivity contribution in [2.45, 2.75) is 18.1 Å². The van der Waals surface area contributed by atoms with Crippen LogP contribution in [0.25, 0.3) is 22.4 Å². The van der Waals surface area contributed by atoms with Crippen LogP contribution >= 0.6 is 11.8 Å². The molecule has 3 aromatic rings. The lowest BCUT2D eigenvalue weighted by Crippen LogP contribution is -2.29. The van der Waals surface area contributed by atoms with Crippen LogP contribution in [0.4, 0.5) is 4.39 Å². The van der Waals surface area contributed by atoms with E-state index in [0.29, 0.717) is 17.3 Å². The van der Waals surface area contributed by atoms with E-state index in [2.05, 4.69) is 9.97 Å². The standard InChI is InChI=1S/C19H13FN4OS/c20-16-9-12(13-3-1-6-22-11-13)4-5-14(16)17-15(10-21)18(25)24-7-2-8-26-19(24)23-17/h1,3-6,9,11H,2,7-8H2. The molecule has 1 aliphatic rings. The van der Waals surface area contributed by atoms with Crippen molar-refractivity contribution in [3.63, 3.8) is 0 Å². The summed E-state index contributed by atoms with van der Waals surface area (Å²) in [6.07, 6.45) is 4.14. The molecule has 0 saturated heterocycles. The zero-order valence-corrected chi connectivity index (χ0v) is 14.5. The number of nitrogens with zero attached hydrogens (tertiary/aromatic N) is 4. The van der Waals surface area contributed by atoms with Crippen LogP contribution in [0.3, 0.4) is 0 Å². The number of fused-ring (bicyclic) bond motifs is 1. The van der Waals surface area contributed by atoms with E-state index in [1.165, 1.54) is 22.4 Å². The maximum Gasteiger partial charge on any atom is 0.272 e. The number of thioether (sulfide) groups is 1. The SMILES string of the molecule is N#Cc1c(-c2ccc(-c3cccnc3)cc2F)nc2n(c1=O)CCCS2. The molecule has 2 aromatic heterocycles. The molecule has 0 atom stereocenters. The predicted octanol–water partition coefficient (Wildman–Crippen LogP) is 3.48. The lowest BCUT2D eigenvalue weighted by molar-refractivity contribution is 0.561. The van der Waals surface area contributed by atoms with Crippen molar-refractivity contribution in [2.75, 3.05) is 5.75 Å². The summed E-state index contributed by atoms with van der Waals surface area (Å²) in [5.41, 5.74) is 1.18. The minimum atomic E-state index is -0.527. The van der Waals surface area contributed by atoms with Crippen LogP contribution < -0.4 is 5.56 Å². The van der Waals surface area contributed by atoms with Crippen molar-refractivity contribution in [3.05, 3.63) is 64.5 Å². The summed E-state index contributed by atoms with van der Waals surface area (Å²) >= 11 is 1.45. The molecule has 4 rings (SSSR count). The Bertz CT molecular complexity index is 1090. The number of aromatic nitrogens is 3. The molecule has 0 N–H and O–H groups in total. The van der Waals surface area contributed by atoms with Gasteiger partial charge in [-0.05, 0) is 30.2 Å². The summed E-state index contributed by atoms with van der Waals surface area (Å²) in [6, 6.07) is 10.2. The first-order chi connectivity index (χ1) is 12.7. The first-order valence-corrected chi connectivity index (χ1v) is 9.05. The normalized spacial score (nSPS) is 13.1. The third kappa shape index (κ3) is 2.78. The number of hydrogen-bond donors (Lipinski definition) is 0. The van der Waals surface area contributed by atoms with Gasteiger partial charge < -0.3 is 0 Å². The average Bonchev–Trinajstić information content (AvgIpc) is 2.68. The van der Waals surface area contributed by atoms with Gasteiger partial charge in [-0.1, -0.05) is 23.9 Å². The van der Waals surface area contributed by atoms with Crippen LogP contribution in [0.5, 0.6) is 0 Å². The summed E-state index contributed by atoms with van der Waals surface area (Å²) in [5.74, 6) is 0.320. The van der Waals surface area contributed by atoms with Crippen LogP contribution in [0.1, 0.15) is 12.0 Å². The van der Waals surface area contributed by atoms with Crippen LogP contribution in [-0.4, -0.2) is 20.3 Å². The highest BCUT2D eigenvalue weighted by Crippen LogP contribution is 2.30. The van der Waals surface area contributed by atoms with Crippen molar-refractivity contribution in [1.82, 2.24) is 14.5 Å². The van der Waals surface area contributed by atoms with E-state index in [1.54, 1.807) is 30.6 Å². The number of pyridine rings is 1. The summed E-state index contributed by atoms with van der Waals surface area (Å²) in [5, 5.41) is 9.98. The Morgan fingerprint density at radius 3 is 2.88 bits per heavy atom. The van der Waals surface area contributed by atoms with Crippen molar-refractivity contribution >= 4 is 11.8 Å². The monoisotopic (exact) mass is 364 g/mol. The molecule has 0 spiro atoms. The van der Waals surface area contributed by atoms with Gasteiger partial charge in [-0.25, -0.2) is 9.37 Å². The van der Waals surface area contributed by atoms with Gasteiger partial charge in [-0.15, -0.1) is 0 Å². The third-order valence-corrected chi connectivity index (χ3v) is 5.28. The van der Waals surface area contributed by atoms with Crippen LogP contribution in [-0.2, 0) is 6.54 Å². The summed E-state index contributed by atoms with van der Waals surface area (Å²) in [7, 11) is 0. The zero-order chi connectivity index (χ0) is 18.1. The van der Waals surface area contributed by atoms with Gasteiger partial charge in [0, 0.05) is 35.8 Å². The van der Waals surface area contributed by atoms with Crippen LogP contribution in [0.15, 0.2) is 52.7 Å². The topological polar surface area (TPSA) is 71.6 Å². The second-order valence-electron chi connectivity index (χ2n) is 5.82. The summed E-state index contributed by atoms with van der Waals surface area (Å²) in [6.45, 7) is 0.533. The van der Waals surface area contributed by atoms with Gasteiger partial charge in [0.2, 0.25) is 0 Å². The zero-order valence-electron chi connectivity index (χ0n) is 13.6. The summed E-state index contributed by atoms with van der Waals surface area (Å²) in [4.78, 5) is 21.1. The fourth-order valence-corrected chi connectivity index (χ4v) is 3.89. The Morgan fingerprint density at radius 1 is 1.27 bits per heavy atom. The van der Waals surface area contributed by atoms with E-state index in [1.807, 2.05) is 12.1 Å². The Labute approximate surface area is 153 Å². The highest BCUT2D eigenvalue weighted by molar-refractivity contribution is 7.99. The van der Waals surface area contributed by atoms with E-state index in [-0.39, 0.29) is 16.8 Å². The molecule has 1 aromatic carbocycles. The minimum absolute atomic E-state index is 0.105. The fourth-order valence-electron chi connectivity index (χ4n) is 2.94. The molecule has 1 aliphatic heterocycles. The van der Waals surface area contributed by atoms with Crippen molar-refractivity contribution in [1.29, 1.82) is 5.26 Å². The Balaban J connectivity index is 1.87. The second-order valence-corrected chi connectivity index (χ2v) is 6.89. The van der Waals surface area contributed by atoms with Gasteiger partial charge in [0.25, 0.3) is 5.56 Å². The largest absolute Gasteiger partial charge is 0.286 e. The number of nitriles is 1. The van der Waals surface area contributed by atoms with Crippen molar-refractivity contribution < 1.29 is 4.39 Å². The van der Waals surface area contributed by atoms with E-state index in [9.17, 15) is 14.4 Å². The Hall–Kier alpha value is -2.98. The first kappa shape index (κ1) is 16.5. The van der Waals surface area contributed by atoms with Crippen LogP contribution in [0.2, 0.25) is 0 Å². The molecule has 0 amide bonds. The second kappa shape index (κ2) is 6.73. The van der Waals surface area contributed by atoms with E-state index in [4.69, 9.17) is 0 Å². The van der Waals surface area contributed by atoms with Crippen LogP contribution in [0, 0.1) is 17.1 Å². The molecular formula is C19H13FN4OS. The molecule has 5 nitrogen and oxygen atoms in total. The maximum absolute atomic E-state index is 14.8. The van der Waals surface area contributed by atoms with Gasteiger partial charge in [-0.2, -0.15) is 5.26 Å². The molecule has 0 fully saturated rings. The highest BCUT2D eigenvalue weighted by Gasteiger charge is 2.22. The minimum Gasteiger partial charge on any atom is -0.286 e. The molecule has 128 valence electrons. The van der Waals surface area contributed by atoms with Crippen molar-refractivity contribution in [3.8, 4) is 28.5 Å². The smallest absolute Gasteiger partial charge is 0.272 e. The van der Waals surface area contributed by atoms with Gasteiger partial charge in [-0.3, -0.25) is 14.3 Å². The highest BCUT2D eigenvalue weighted by atomic mass is 32.2. The molecule has 3 heterocycles. The van der Waals surface area contributed by atoms with E-state index < -0.39 is 11.4 Å². The average molecular weight is 364 g/mol. The van der Waals surface area contributed by atoms with Gasteiger partial charge in [0.05, 0.1) is 5.69 Å². The number of benzene rings is 1. The third-order valence-electron chi connectivity index (χ3n) is 4.22. The maximum atomic E-state index is 14.8. The predicted molar refractivity (Wildman–Crippen MR) is 97.2 cm³/mol. The number of rotatable bonds is 2. The molecular weight excluding hydrogens is 351 g/mol.